The predicted octanol–water partition coefficient (Wildman–Crippen LogP) is 1.83. The average Bonchev–Trinajstić information content (AvgIpc) is 2.41. The highest BCUT2D eigenvalue weighted by Crippen LogP contribution is 2.24. The molecule has 0 unspecified atom stereocenters. The van der Waals surface area contributed by atoms with Crippen LogP contribution in [0.15, 0.2) is 6.07 Å². The third-order valence-corrected chi connectivity index (χ3v) is 2.87. The zero-order chi connectivity index (χ0) is 12.5. The number of carbonyl (C=O) groups excluding carboxylic acids is 1. The first-order chi connectivity index (χ1) is 7.22. The first kappa shape index (κ1) is 13.4. The molecule has 0 fully saturated rings. The highest BCUT2D eigenvalue weighted by molar-refractivity contribution is 6.41. The molecule has 4 nitrogen and oxygen atoms in total. The molecule has 16 heavy (non-hydrogen) atoms. The summed E-state index contributed by atoms with van der Waals surface area (Å²) in [4.78, 5) is 11.7. The van der Waals surface area contributed by atoms with Gasteiger partial charge in [0.2, 0.25) is 0 Å². The molecule has 90 valence electrons. The number of rotatable bonds is 3. The van der Waals surface area contributed by atoms with Crippen LogP contribution >= 0.6 is 23.2 Å². The predicted molar refractivity (Wildman–Crippen MR) is 64.1 cm³/mol. The van der Waals surface area contributed by atoms with Gasteiger partial charge in [0.05, 0.1) is 10.6 Å². The van der Waals surface area contributed by atoms with E-state index >= 15 is 0 Å². The largest absolute Gasteiger partial charge is 0.389 e. The zero-order valence-corrected chi connectivity index (χ0v) is 10.9. The minimum atomic E-state index is -0.950. The summed E-state index contributed by atoms with van der Waals surface area (Å²) in [6.45, 7) is 3.38. The number of nitrogens with zero attached hydrogens (tertiary/aromatic N) is 1. The number of hydrogen-bond donors (Lipinski definition) is 2. The van der Waals surface area contributed by atoms with Crippen molar-refractivity contribution in [2.75, 3.05) is 6.54 Å². The second-order valence-electron chi connectivity index (χ2n) is 4.22. The van der Waals surface area contributed by atoms with Crippen LogP contribution in [0.25, 0.3) is 0 Å². The highest BCUT2D eigenvalue weighted by atomic mass is 35.5. The number of nitrogens with one attached hydrogen (secondary N) is 1. The molecule has 0 aliphatic heterocycles. The Kier molecular flexibility index (Phi) is 3.88. The Morgan fingerprint density at radius 2 is 2.12 bits per heavy atom. The number of aliphatic hydroxyl groups is 1. The standard InChI is InChI=1S/C10H14Cl2N2O2/c1-10(2,16)5-13-9(15)7-4-6(11)8(12)14(7)3/h4,16H,5H2,1-3H3,(H,13,15). The van der Waals surface area contributed by atoms with Gasteiger partial charge >= 0.3 is 0 Å². The molecule has 0 spiro atoms. The molecular formula is C10H14Cl2N2O2. The van der Waals surface area contributed by atoms with Crippen LogP contribution in [0, 0.1) is 0 Å². The van der Waals surface area contributed by atoms with Crippen LogP contribution in [0.1, 0.15) is 24.3 Å². The Balaban J connectivity index is 2.78. The molecule has 0 aromatic carbocycles. The Hall–Kier alpha value is -0.710. The molecule has 1 rings (SSSR count). The van der Waals surface area contributed by atoms with Gasteiger partial charge < -0.3 is 15.0 Å². The summed E-state index contributed by atoms with van der Waals surface area (Å²) >= 11 is 11.6. The molecule has 0 saturated carbocycles. The van der Waals surface area contributed by atoms with E-state index in [4.69, 9.17) is 23.2 Å². The van der Waals surface area contributed by atoms with E-state index in [1.165, 1.54) is 10.6 Å². The van der Waals surface area contributed by atoms with E-state index in [1.54, 1.807) is 20.9 Å². The van der Waals surface area contributed by atoms with Crippen molar-refractivity contribution in [3.8, 4) is 0 Å². The summed E-state index contributed by atoms with van der Waals surface area (Å²) in [6.07, 6.45) is 0. The number of carbonyl (C=O) groups is 1. The summed E-state index contributed by atoms with van der Waals surface area (Å²) < 4.78 is 1.49. The second kappa shape index (κ2) is 4.65. The Morgan fingerprint density at radius 1 is 1.56 bits per heavy atom. The summed E-state index contributed by atoms with van der Waals surface area (Å²) in [5.74, 6) is -0.321. The van der Waals surface area contributed by atoms with Crippen molar-refractivity contribution in [2.45, 2.75) is 19.4 Å². The quantitative estimate of drug-likeness (QED) is 0.876. The van der Waals surface area contributed by atoms with E-state index in [1.807, 2.05) is 0 Å². The zero-order valence-electron chi connectivity index (χ0n) is 9.34. The van der Waals surface area contributed by atoms with Crippen LogP contribution in [0.2, 0.25) is 10.2 Å². The van der Waals surface area contributed by atoms with Crippen molar-refractivity contribution in [3.63, 3.8) is 0 Å². The lowest BCUT2D eigenvalue weighted by molar-refractivity contribution is 0.0690. The summed E-state index contributed by atoms with van der Waals surface area (Å²) in [6, 6.07) is 1.49. The van der Waals surface area contributed by atoms with Gasteiger partial charge in [0.1, 0.15) is 10.8 Å². The lowest BCUT2D eigenvalue weighted by Gasteiger charge is -2.17. The summed E-state index contributed by atoms with van der Waals surface area (Å²) in [5, 5.41) is 12.7. The molecule has 1 aromatic heterocycles. The summed E-state index contributed by atoms with van der Waals surface area (Å²) in [5.41, 5.74) is -0.590. The molecule has 0 aliphatic carbocycles. The average molecular weight is 265 g/mol. The van der Waals surface area contributed by atoms with Crippen molar-refractivity contribution < 1.29 is 9.90 Å². The van der Waals surface area contributed by atoms with E-state index in [2.05, 4.69) is 5.32 Å². The molecule has 1 amide bonds. The summed E-state index contributed by atoms with van der Waals surface area (Å²) in [7, 11) is 1.65. The van der Waals surface area contributed by atoms with E-state index < -0.39 is 5.60 Å². The molecule has 1 aromatic rings. The second-order valence-corrected chi connectivity index (χ2v) is 4.99. The maximum Gasteiger partial charge on any atom is 0.268 e. The lowest BCUT2D eigenvalue weighted by Crippen LogP contribution is -2.38. The van der Waals surface area contributed by atoms with Gasteiger partial charge in [0, 0.05) is 13.6 Å². The third kappa shape index (κ3) is 3.14. The van der Waals surface area contributed by atoms with Crippen LogP contribution in [-0.4, -0.2) is 27.7 Å². The third-order valence-electron chi connectivity index (χ3n) is 2.03. The van der Waals surface area contributed by atoms with Crippen LogP contribution in [0.5, 0.6) is 0 Å². The van der Waals surface area contributed by atoms with Crippen molar-refractivity contribution in [1.29, 1.82) is 0 Å². The SMILES string of the molecule is Cn1c(C(=O)NCC(C)(C)O)cc(Cl)c1Cl. The van der Waals surface area contributed by atoms with Gasteiger partial charge in [-0.25, -0.2) is 0 Å². The van der Waals surface area contributed by atoms with E-state index in [0.29, 0.717) is 15.9 Å². The van der Waals surface area contributed by atoms with Crippen LogP contribution in [0.4, 0.5) is 0 Å². The van der Waals surface area contributed by atoms with Gasteiger partial charge in [-0.3, -0.25) is 4.79 Å². The molecule has 6 heteroatoms. The van der Waals surface area contributed by atoms with Gasteiger partial charge in [0.25, 0.3) is 5.91 Å². The van der Waals surface area contributed by atoms with Gasteiger partial charge in [-0.05, 0) is 19.9 Å². The number of halogens is 2. The highest BCUT2D eigenvalue weighted by Gasteiger charge is 2.18. The molecular weight excluding hydrogens is 251 g/mol. The van der Waals surface area contributed by atoms with Gasteiger partial charge in [-0.2, -0.15) is 0 Å². The normalized spacial score (nSPS) is 11.6. The number of aromatic nitrogens is 1. The van der Waals surface area contributed by atoms with Crippen molar-refractivity contribution in [3.05, 3.63) is 21.9 Å². The monoisotopic (exact) mass is 264 g/mol. The molecule has 2 N–H and O–H groups in total. The van der Waals surface area contributed by atoms with E-state index in [0.717, 1.165) is 0 Å². The minimum Gasteiger partial charge on any atom is -0.389 e. The van der Waals surface area contributed by atoms with Gasteiger partial charge in [-0.15, -0.1) is 0 Å². The maximum absolute atomic E-state index is 11.7. The van der Waals surface area contributed by atoms with Crippen LogP contribution in [0.3, 0.4) is 0 Å². The minimum absolute atomic E-state index is 0.159. The number of hydrogen-bond acceptors (Lipinski definition) is 2. The first-order valence-electron chi connectivity index (χ1n) is 4.73. The topological polar surface area (TPSA) is 54.3 Å². The van der Waals surface area contributed by atoms with Gasteiger partial charge in [0.15, 0.2) is 0 Å². The molecule has 1 heterocycles. The Morgan fingerprint density at radius 3 is 2.50 bits per heavy atom. The number of amides is 1. The van der Waals surface area contributed by atoms with E-state index in [9.17, 15) is 9.90 Å². The molecule has 0 saturated heterocycles. The Labute approximate surface area is 104 Å². The van der Waals surface area contributed by atoms with Crippen molar-refractivity contribution in [2.24, 2.45) is 7.05 Å². The fraction of sp³-hybridized carbons (Fsp3) is 0.500. The molecule has 0 radical (unpaired) electrons. The molecule has 0 bridgehead atoms. The fourth-order valence-corrected chi connectivity index (χ4v) is 1.52. The van der Waals surface area contributed by atoms with Crippen molar-refractivity contribution >= 4 is 29.1 Å². The molecule has 0 aliphatic rings. The maximum atomic E-state index is 11.7. The van der Waals surface area contributed by atoms with Crippen molar-refractivity contribution in [1.82, 2.24) is 9.88 Å². The molecule has 0 atom stereocenters. The fourth-order valence-electron chi connectivity index (χ4n) is 1.15. The Bertz CT molecular complexity index is 408. The van der Waals surface area contributed by atoms with E-state index in [-0.39, 0.29) is 12.5 Å². The van der Waals surface area contributed by atoms with Crippen LogP contribution in [-0.2, 0) is 7.05 Å². The van der Waals surface area contributed by atoms with Gasteiger partial charge in [-0.1, -0.05) is 23.2 Å². The smallest absolute Gasteiger partial charge is 0.268 e. The first-order valence-corrected chi connectivity index (χ1v) is 5.49. The van der Waals surface area contributed by atoms with Crippen LogP contribution < -0.4 is 5.32 Å². The lowest BCUT2D eigenvalue weighted by atomic mass is 10.1.